The number of ether oxygens (including phenoxy) is 1. The molecule has 2 heterocycles. The Kier molecular flexibility index (Phi) is 5.29. The maximum atomic E-state index is 10.1. The predicted molar refractivity (Wildman–Crippen MR) is 124 cm³/mol. The van der Waals surface area contributed by atoms with Crippen molar-refractivity contribution in [3.8, 4) is 11.8 Å². The molecule has 0 spiro atoms. The molecule has 156 valence electrons. The van der Waals surface area contributed by atoms with E-state index in [0.29, 0.717) is 18.7 Å². The van der Waals surface area contributed by atoms with Crippen LogP contribution in [0.5, 0.6) is 5.75 Å². The average Bonchev–Trinajstić information content (AvgIpc) is 3.25. The number of fused-ring (bicyclic) bond motifs is 2. The fourth-order valence-electron chi connectivity index (χ4n) is 3.99. The number of nitriles is 1. The number of hydrogen-bond donors (Lipinski definition) is 1. The molecule has 5 rings (SSSR count). The van der Waals surface area contributed by atoms with Gasteiger partial charge in [0, 0.05) is 23.7 Å². The molecule has 3 aromatic carbocycles. The van der Waals surface area contributed by atoms with Crippen molar-refractivity contribution in [1.82, 2.24) is 9.55 Å². The summed E-state index contributed by atoms with van der Waals surface area (Å²) in [6, 6.07) is 29.6. The first-order valence-corrected chi connectivity index (χ1v) is 10.4. The van der Waals surface area contributed by atoms with Crippen LogP contribution in [0.25, 0.3) is 21.8 Å². The van der Waals surface area contributed by atoms with Crippen LogP contribution in [0, 0.1) is 11.3 Å². The number of aliphatic hydroxyl groups excluding tert-OH is 1. The number of hydrogen-bond acceptors (Lipinski definition) is 4. The second kappa shape index (κ2) is 8.54. The Balaban J connectivity index is 1.36. The van der Waals surface area contributed by atoms with Crippen LogP contribution in [-0.4, -0.2) is 14.7 Å². The highest BCUT2D eigenvalue weighted by Gasteiger charge is 2.14. The van der Waals surface area contributed by atoms with Crippen molar-refractivity contribution in [3.05, 3.63) is 108 Å². The lowest BCUT2D eigenvalue weighted by Gasteiger charge is -2.12. The molecule has 1 unspecified atom stereocenters. The summed E-state index contributed by atoms with van der Waals surface area (Å²) < 4.78 is 8.06. The zero-order chi connectivity index (χ0) is 21.9. The Morgan fingerprint density at radius 3 is 2.69 bits per heavy atom. The van der Waals surface area contributed by atoms with Crippen molar-refractivity contribution in [2.24, 2.45) is 0 Å². The van der Waals surface area contributed by atoms with Gasteiger partial charge in [-0.1, -0.05) is 54.6 Å². The van der Waals surface area contributed by atoms with E-state index in [1.165, 1.54) is 0 Å². The summed E-state index contributed by atoms with van der Waals surface area (Å²) in [7, 11) is 0. The summed E-state index contributed by atoms with van der Waals surface area (Å²) in [5, 5.41) is 21.4. The zero-order valence-corrected chi connectivity index (χ0v) is 17.3. The van der Waals surface area contributed by atoms with Crippen molar-refractivity contribution in [1.29, 1.82) is 5.26 Å². The number of pyridine rings is 1. The van der Waals surface area contributed by atoms with Crippen LogP contribution in [0.4, 0.5) is 0 Å². The Bertz CT molecular complexity index is 1450. The first kappa shape index (κ1) is 19.8. The van der Waals surface area contributed by atoms with Crippen molar-refractivity contribution in [2.75, 3.05) is 0 Å². The van der Waals surface area contributed by atoms with Crippen molar-refractivity contribution in [3.63, 3.8) is 0 Å². The van der Waals surface area contributed by atoms with E-state index in [9.17, 15) is 10.4 Å². The van der Waals surface area contributed by atoms with Crippen LogP contribution in [0.2, 0.25) is 0 Å². The van der Waals surface area contributed by atoms with Gasteiger partial charge >= 0.3 is 0 Å². The van der Waals surface area contributed by atoms with E-state index in [-0.39, 0.29) is 0 Å². The quantitative estimate of drug-likeness (QED) is 0.376. The summed E-state index contributed by atoms with van der Waals surface area (Å²) in [5.41, 5.74) is 4.38. The van der Waals surface area contributed by atoms with Gasteiger partial charge in [0.2, 0.25) is 0 Å². The van der Waals surface area contributed by atoms with E-state index in [0.717, 1.165) is 38.8 Å². The number of aromatic nitrogens is 2. The lowest BCUT2D eigenvalue weighted by molar-refractivity contribution is 0.237. The largest absolute Gasteiger partial charge is 0.487 e. The van der Waals surface area contributed by atoms with Crippen LogP contribution < -0.4 is 4.74 Å². The smallest absolute Gasteiger partial charge is 0.167 e. The monoisotopic (exact) mass is 419 g/mol. The van der Waals surface area contributed by atoms with E-state index >= 15 is 0 Å². The Hall–Kier alpha value is -4.14. The molecule has 1 atom stereocenters. The van der Waals surface area contributed by atoms with E-state index in [4.69, 9.17) is 4.74 Å². The molecule has 5 heteroatoms. The number of rotatable bonds is 6. The lowest BCUT2D eigenvalue weighted by atomic mass is 10.1. The molecule has 0 aliphatic rings. The van der Waals surface area contributed by atoms with Crippen molar-refractivity contribution < 1.29 is 9.84 Å². The minimum absolute atomic E-state index is 0.388. The second-order valence-corrected chi connectivity index (χ2v) is 7.69. The number of aliphatic hydroxyl groups is 1. The van der Waals surface area contributed by atoms with E-state index in [2.05, 4.69) is 15.6 Å². The van der Waals surface area contributed by atoms with Gasteiger partial charge in [0.05, 0.1) is 22.8 Å². The van der Waals surface area contributed by atoms with Crippen LogP contribution in [0.1, 0.15) is 22.9 Å². The van der Waals surface area contributed by atoms with E-state index in [1.807, 2.05) is 85.1 Å². The van der Waals surface area contributed by atoms with Crippen LogP contribution >= 0.6 is 0 Å². The highest BCUT2D eigenvalue weighted by Crippen LogP contribution is 2.26. The van der Waals surface area contributed by atoms with Gasteiger partial charge < -0.3 is 14.4 Å². The molecule has 0 aliphatic heterocycles. The fraction of sp³-hybridized carbons (Fsp3) is 0.111. The predicted octanol–water partition coefficient (Wildman–Crippen LogP) is 5.37. The molecule has 0 saturated carbocycles. The molecule has 0 fully saturated rings. The maximum Gasteiger partial charge on any atom is 0.167 e. The zero-order valence-electron chi connectivity index (χ0n) is 17.3. The maximum absolute atomic E-state index is 10.1. The molecule has 5 aromatic rings. The molecule has 5 nitrogen and oxygen atoms in total. The number of nitrogens with zero attached hydrogens (tertiary/aromatic N) is 3. The Labute approximate surface area is 185 Å². The first-order chi connectivity index (χ1) is 15.7. The highest BCUT2D eigenvalue weighted by molar-refractivity contribution is 5.84. The molecule has 32 heavy (non-hydrogen) atoms. The summed E-state index contributed by atoms with van der Waals surface area (Å²) in [5.74, 6) is 0.770. The molecule has 0 aliphatic carbocycles. The van der Waals surface area contributed by atoms with E-state index < -0.39 is 6.10 Å². The van der Waals surface area contributed by atoms with Crippen molar-refractivity contribution in [2.45, 2.75) is 19.3 Å². The third-order valence-corrected chi connectivity index (χ3v) is 5.53. The molecular formula is C27H21N3O2. The molecule has 0 bridgehead atoms. The summed E-state index contributed by atoms with van der Waals surface area (Å²) in [6.07, 6.45) is 0.821. The van der Waals surface area contributed by atoms with Crippen molar-refractivity contribution >= 4 is 21.8 Å². The molecule has 0 amide bonds. The number of benzene rings is 3. The van der Waals surface area contributed by atoms with E-state index in [1.54, 1.807) is 6.07 Å². The van der Waals surface area contributed by atoms with Crippen LogP contribution in [0.3, 0.4) is 0 Å². The minimum Gasteiger partial charge on any atom is -0.487 e. The standard InChI is InChI=1S/C27H21N3O2/c28-16-26(31)24-9-4-7-21-13-14-30(27(21)24)17-19-5-3-8-23(15-19)32-18-22-12-11-20-6-1-2-10-25(20)29-22/h1-15,26,31H,17-18H2. The molecule has 2 aromatic heterocycles. The van der Waals surface area contributed by atoms with Crippen LogP contribution in [0.15, 0.2) is 91.1 Å². The third-order valence-electron chi connectivity index (χ3n) is 5.53. The fourth-order valence-corrected chi connectivity index (χ4v) is 3.99. The van der Waals surface area contributed by atoms with Gasteiger partial charge in [0.15, 0.2) is 6.10 Å². The van der Waals surface area contributed by atoms with Gasteiger partial charge in [0.1, 0.15) is 12.4 Å². The summed E-state index contributed by atoms with van der Waals surface area (Å²) >= 11 is 0. The van der Waals surface area contributed by atoms with Gasteiger partial charge in [-0.05, 0) is 41.3 Å². The first-order valence-electron chi connectivity index (χ1n) is 10.4. The molecule has 0 saturated heterocycles. The van der Waals surface area contributed by atoms with Crippen LogP contribution in [-0.2, 0) is 13.2 Å². The minimum atomic E-state index is -1.16. The third kappa shape index (κ3) is 3.92. The average molecular weight is 419 g/mol. The Morgan fingerprint density at radius 1 is 0.938 bits per heavy atom. The summed E-state index contributed by atoms with van der Waals surface area (Å²) in [6.45, 7) is 0.989. The molecular weight excluding hydrogens is 398 g/mol. The van der Waals surface area contributed by atoms with Gasteiger partial charge in [0.25, 0.3) is 0 Å². The SMILES string of the molecule is N#CC(O)c1cccc2ccn(Cc3cccc(OCc4ccc5ccccc5n4)c3)c12. The van der Waals surface area contributed by atoms with Gasteiger partial charge in [-0.25, -0.2) is 4.98 Å². The molecule has 0 radical (unpaired) electrons. The highest BCUT2D eigenvalue weighted by atomic mass is 16.5. The second-order valence-electron chi connectivity index (χ2n) is 7.69. The summed E-state index contributed by atoms with van der Waals surface area (Å²) in [4.78, 5) is 4.66. The lowest BCUT2D eigenvalue weighted by Crippen LogP contribution is -2.03. The van der Waals surface area contributed by atoms with Gasteiger partial charge in [-0.3, -0.25) is 0 Å². The normalized spacial score (nSPS) is 12.0. The Morgan fingerprint density at radius 2 is 1.78 bits per heavy atom. The topological polar surface area (TPSA) is 71.1 Å². The molecule has 1 N–H and O–H groups in total. The van der Waals surface area contributed by atoms with Gasteiger partial charge in [-0.15, -0.1) is 0 Å². The number of para-hydroxylation sites is 2. The van der Waals surface area contributed by atoms with Gasteiger partial charge in [-0.2, -0.15) is 5.26 Å².